The smallest absolute Gasteiger partial charge is 0.340 e. The second-order valence-corrected chi connectivity index (χ2v) is 10.7. The normalized spacial score (nSPS) is 12.2. The molecule has 1 heterocycles. The number of carbonyl (C=O) groups is 1. The van der Waals surface area contributed by atoms with Crippen molar-refractivity contribution >= 4 is 34.5 Å². The first kappa shape index (κ1) is 27.6. The predicted octanol–water partition coefficient (Wildman–Crippen LogP) is 7.24. The van der Waals surface area contributed by atoms with E-state index in [-0.39, 0.29) is 11.5 Å². The number of nitrogens with one attached hydrogen (secondary N) is 3. The van der Waals surface area contributed by atoms with Crippen molar-refractivity contribution in [1.82, 2.24) is 0 Å². The summed E-state index contributed by atoms with van der Waals surface area (Å²) in [5, 5.41) is 14.7. The number of anilines is 2. The van der Waals surface area contributed by atoms with Crippen molar-refractivity contribution in [2.75, 3.05) is 17.7 Å². The summed E-state index contributed by atoms with van der Waals surface area (Å²) in [6, 6.07) is 16.3. The molecule has 1 aromatic heterocycles. The van der Waals surface area contributed by atoms with Gasteiger partial charge in [-0.05, 0) is 71.4 Å². The Morgan fingerprint density at radius 1 is 1.05 bits per heavy atom. The lowest BCUT2D eigenvalue weighted by Crippen LogP contribution is -2.24. The molecule has 4 aromatic rings. The van der Waals surface area contributed by atoms with Crippen LogP contribution in [-0.2, 0) is 4.74 Å². The Hall–Kier alpha value is -4.39. The standard InChI is InChI=1S/C32H35N3O4/c1-18-14-24(20(3)35-26-11-9-8-10-23(26)31(37)39-32(4,5)6)30-25(15-18)28(36)19(2)29(38-30)21-12-13-22(17-33)27(16-21)34-7/h8-17,20,33-35H,1-7H3. The molecule has 0 saturated carbocycles. The minimum atomic E-state index is -0.621. The molecule has 4 rings (SSSR count). The van der Waals surface area contributed by atoms with Gasteiger partial charge in [0.05, 0.1) is 17.0 Å². The Balaban J connectivity index is 1.83. The molecule has 0 aliphatic rings. The molecule has 1 unspecified atom stereocenters. The van der Waals surface area contributed by atoms with Crippen molar-refractivity contribution in [3.05, 3.63) is 92.6 Å². The van der Waals surface area contributed by atoms with Crippen LogP contribution >= 0.6 is 0 Å². The maximum atomic E-state index is 13.6. The molecule has 3 N–H and O–H groups in total. The monoisotopic (exact) mass is 525 g/mol. The molecule has 7 heteroatoms. The van der Waals surface area contributed by atoms with Crippen molar-refractivity contribution in [2.24, 2.45) is 0 Å². The highest BCUT2D eigenvalue weighted by Gasteiger charge is 2.23. The van der Waals surface area contributed by atoms with E-state index in [0.29, 0.717) is 33.5 Å². The van der Waals surface area contributed by atoms with E-state index in [0.717, 1.165) is 27.9 Å². The number of para-hydroxylation sites is 1. The molecule has 39 heavy (non-hydrogen) atoms. The fraction of sp³-hybridized carbons (Fsp3) is 0.281. The van der Waals surface area contributed by atoms with Crippen LogP contribution in [-0.4, -0.2) is 24.8 Å². The highest BCUT2D eigenvalue weighted by atomic mass is 16.6. The van der Waals surface area contributed by atoms with E-state index >= 15 is 0 Å². The van der Waals surface area contributed by atoms with E-state index in [1.165, 1.54) is 6.21 Å². The lowest BCUT2D eigenvalue weighted by atomic mass is 9.98. The second-order valence-electron chi connectivity index (χ2n) is 10.7. The number of benzene rings is 3. The van der Waals surface area contributed by atoms with Crippen LogP contribution < -0.4 is 16.1 Å². The van der Waals surface area contributed by atoms with Crippen molar-refractivity contribution in [3.8, 4) is 11.3 Å². The summed E-state index contributed by atoms with van der Waals surface area (Å²) >= 11 is 0. The number of esters is 1. The molecule has 0 fully saturated rings. The van der Waals surface area contributed by atoms with Crippen LogP contribution in [0.1, 0.15) is 66.3 Å². The molecule has 0 bridgehead atoms. The van der Waals surface area contributed by atoms with Gasteiger partial charge in [0.25, 0.3) is 0 Å². The molecule has 0 aliphatic carbocycles. The summed E-state index contributed by atoms with van der Waals surface area (Å²) in [6.45, 7) is 11.2. The fourth-order valence-corrected chi connectivity index (χ4v) is 4.64. The molecule has 0 aliphatic heterocycles. The van der Waals surface area contributed by atoms with Crippen molar-refractivity contribution in [3.63, 3.8) is 0 Å². The van der Waals surface area contributed by atoms with E-state index < -0.39 is 11.6 Å². The predicted molar refractivity (Wildman–Crippen MR) is 158 cm³/mol. The summed E-state index contributed by atoms with van der Waals surface area (Å²) < 4.78 is 12.1. The minimum Gasteiger partial charge on any atom is -0.456 e. The van der Waals surface area contributed by atoms with Gasteiger partial charge < -0.3 is 25.2 Å². The Labute approximate surface area is 228 Å². The first-order valence-corrected chi connectivity index (χ1v) is 12.9. The molecule has 0 spiro atoms. The van der Waals surface area contributed by atoms with E-state index in [1.54, 1.807) is 26.1 Å². The molecule has 202 valence electrons. The molecule has 0 radical (unpaired) electrons. The number of aryl methyl sites for hydroxylation is 1. The van der Waals surface area contributed by atoms with E-state index in [1.807, 2.05) is 77.1 Å². The topological polar surface area (TPSA) is 104 Å². The zero-order chi connectivity index (χ0) is 28.5. The highest BCUT2D eigenvalue weighted by molar-refractivity contribution is 5.96. The number of hydrogen-bond donors (Lipinski definition) is 3. The first-order valence-electron chi connectivity index (χ1n) is 12.9. The van der Waals surface area contributed by atoms with Gasteiger partial charge in [-0.25, -0.2) is 4.79 Å². The van der Waals surface area contributed by atoms with Crippen LogP contribution in [0.15, 0.2) is 63.8 Å². The lowest BCUT2D eigenvalue weighted by molar-refractivity contribution is 0.00706. The number of ether oxygens (including phenoxy) is 1. The zero-order valence-corrected chi connectivity index (χ0v) is 23.5. The molecule has 0 amide bonds. The van der Waals surface area contributed by atoms with Crippen molar-refractivity contribution in [2.45, 2.75) is 53.2 Å². The summed E-state index contributed by atoms with van der Waals surface area (Å²) in [6.07, 6.45) is 1.28. The molecular weight excluding hydrogens is 490 g/mol. The van der Waals surface area contributed by atoms with Gasteiger partial charge in [0.2, 0.25) is 0 Å². The van der Waals surface area contributed by atoms with Gasteiger partial charge in [0.1, 0.15) is 16.9 Å². The Morgan fingerprint density at radius 2 is 1.77 bits per heavy atom. The molecular formula is C32H35N3O4. The molecule has 0 saturated heterocycles. The minimum absolute atomic E-state index is 0.0975. The Kier molecular flexibility index (Phi) is 7.63. The summed E-state index contributed by atoms with van der Waals surface area (Å²) in [5.41, 5.74) is 5.31. The summed E-state index contributed by atoms with van der Waals surface area (Å²) in [4.78, 5) is 26.5. The second kappa shape index (κ2) is 10.8. The zero-order valence-electron chi connectivity index (χ0n) is 23.5. The fourth-order valence-electron chi connectivity index (χ4n) is 4.64. The van der Waals surface area contributed by atoms with E-state index in [9.17, 15) is 9.59 Å². The largest absolute Gasteiger partial charge is 0.456 e. The summed E-state index contributed by atoms with van der Waals surface area (Å²) in [5.74, 6) is 0.0667. The van der Waals surface area contributed by atoms with Crippen LogP contribution in [0, 0.1) is 19.3 Å². The van der Waals surface area contributed by atoms with Crippen molar-refractivity contribution in [1.29, 1.82) is 5.41 Å². The SMILES string of the molecule is CNc1cc(-c2oc3c(C(C)Nc4ccccc4C(=O)OC(C)(C)C)cc(C)cc3c(=O)c2C)ccc1C=N. The van der Waals surface area contributed by atoms with Crippen LogP contribution in [0.2, 0.25) is 0 Å². The van der Waals surface area contributed by atoms with Gasteiger partial charge in [-0.2, -0.15) is 0 Å². The number of carbonyl (C=O) groups excluding carboxylic acids is 1. The molecule has 7 nitrogen and oxygen atoms in total. The van der Waals surface area contributed by atoms with Crippen LogP contribution in [0.3, 0.4) is 0 Å². The number of hydrogen-bond acceptors (Lipinski definition) is 7. The highest BCUT2D eigenvalue weighted by Crippen LogP contribution is 2.34. The van der Waals surface area contributed by atoms with Gasteiger partial charge in [-0.15, -0.1) is 0 Å². The first-order chi connectivity index (χ1) is 18.4. The van der Waals surface area contributed by atoms with Gasteiger partial charge in [0, 0.05) is 46.9 Å². The van der Waals surface area contributed by atoms with E-state index in [4.69, 9.17) is 14.6 Å². The van der Waals surface area contributed by atoms with Gasteiger partial charge in [0.15, 0.2) is 5.43 Å². The van der Waals surface area contributed by atoms with Crippen LogP contribution in [0.5, 0.6) is 0 Å². The summed E-state index contributed by atoms with van der Waals surface area (Å²) in [7, 11) is 1.79. The maximum absolute atomic E-state index is 13.6. The number of rotatable bonds is 7. The van der Waals surface area contributed by atoms with Crippen molar-refractivity contribution < 1.29 is 13.9 Å². The molecule has 1 atom stereocenters. The van der Waals surface area contributed by atoms with Gasteiger partial charge >= 0.3 is 5.97 Å². The molecule has 3 aromatic carbocycles. The lowest BCUT2D eigenvalue weighted by Gasteiger charge is -2.23. The Bertz CT molecular complexity index is 1630. The maximum Gasteiger partial charge on any atom is 0.340 e. The van der Waals surface area contributed by atoms with Crippen LogP contribution in [0.25, 0.3) is 22.3 Å². The Morgan fingerprint density at radius 3 is 2.44 bits per heavy atom. The average molecular weight is 526 g/mol. The van der Waals surface area contributed by atoms with Crippen LogP contribution in [0.4, 0.5) is 11.4 Å². The third-order valence-electron chi connectivity index (χ3n) is 6.52. The number of fused-ring (bicyclic) bond motifs is 1. The third kappa shape index (κ3) is 5.72. The van der Waals surface area contributed by atoms with Gasteiger partial charge in [-0.1, -0.05) is 30.3 Å². The quantitative estimate of drug-likeness (QED) is 0.173. The van der Waals surface area contributed by atoms with E-state index in [2.05, 4.69) is 10.6 Å². The third-order valence-corrected chi connectivity index (χ3v) is 6.52. The average Bonchev–Trinajstić information content (AvgIpc) is 2.89. The van der Waals surface area contributed by atoms with Gasteiger partial charge in [-0.3, -0.25) is 4.79 Å².